The highest BCUT2D eigenvalue weighted by Gasteiger charge is 2.11. The van der Waals surface area contributed by atoms with Crippen molar-refractivity contribution < 1.29 is 9.15 Å². The molecule has 0 saturated heterocycles. The zero-order valence-corrected chi connectivity index (χ0v) is 10.8. The molecule has 0 amide bonds. The predicted molar refractivity (Wildman–Crippen MR) is 67.9 cm³/mol. The van der Waals surface area contributed by atoms with Crippen LogP contribution in [0.25, 0.3) is 11.3 Å². The zero-order chi connectivity index (χ0) is 12.3. The molecule has 0 unspecified atom stereocenters. The fraction of sp³-hybridized carbons (Fsp3) is 0.250. The van der Waals surface area contributed by atoms with Gasteiger partial charge in [0.15, 0.2) is 11.7 Å². The molecular weight excluding hydrogens is 261 g/mol. The molecule has 2 aromatic rings. The number of alkyl halides is 1. The van der Waals surface area contributed by atoms with Gasteiger partial charge in [0.25, 0.3) is 0 Å². The van der Waals surface area contributed by atoms with E-state index in [1.54, 1.807) is 31.5 Å². The van der Waals surface area contributed by atoms with Crippen LogP contribution in [0.3, 0.4) is 0 Å². The number of aryl methyl sites for hydroxylation is 1. The van der Waals surface area contributed by atoms with Crippen LogP contribution < -0.4 is 4.74 Å². The Labute approximate surface area is 109 Å². The molecule has 2 rings (SSSR count). The summed E-state index contributed by atoms with van der Waals surface area (Å²) in [4.78, 5) is 4.14. The summed E-state index contributed by atoms with van der Waals surface area (Å²) in [6, 6.07) is 5.34. The third kappa shape index (κ3) is 2.73. The Kier molecular flexibility index (Phi) is 3.92. The van der Waals surface area contributed by atoms with Gasteiger partial charge >= 0.3 is 0 Å². The molecule has 17 heavy (non-hydrogen) atoms. The molecule has 90 valence electrons. The molecule has 0 fully saturated rings. The first kappa shape index (κ1) is 12.3. The lowest BCUT2D eigenvalue weighted by molar-refractivity contribution is 0.414. The molecular formula is C12H11Cl2NO2. The molecule has 0 N–H and O–H groups in total. The summed E-state index contributed by atoms with van der Waals surface area (Å²) in [5.41, 5.74) is 0.785. The van der Waals surface area contributed by atoms with Gasteiger partial charge in [0.2, 0.25) is 0 Å². The van der Waals surface area contributed by atoms with Gasteiger partial charge in [-0.2, -0.15) is 0 Å². The minimum Gasteiger partial charge on any atom is -0.496 e. The second kappa shape index (κ2) is 5.43. The van der Waals surface area contributed by atoms with E-state index in [-0.39, 0.29) is 0 Å². The van der Waals surface area contributed by atoms with E-state index in [4.69, 9.17) is 32.4 Å². The van der Waals surface area contributed by atoms with E-state index in [9.17, 15) is 0 Å². The van der Waals surface area contributed by atoms with Crippen LogP contribution in [0.4, 0.5) is 0 Å². The van der Waals surface area contributed by atoms with Crippen molar-refractivity contribution in [3.63, 3.8) is 0 Å². The molecule has 0 bridgehead atoms. The number of ether oxygens (including phenoxy) is 1. The summed E-state index contributed by atoms with van der Waals surface area (Å²) in [7, 11) is 1.60. The van der Waals surface area contributed by atoms with Crippen molar-refractivity contribution in [1.82, 2.24) is 4.98 Å². The number of aromatic nitrogens is 1. The van der Waals surface area contributed by atoms with Crippen LogP contribution in [0.1, 0.15) is 5.89 Å². The molecule has 0 saturated carbocycles. The molecule has 1 heterocycles. The average Bonchev–Trinajstić information content (AvgIpc) is 2.78. The highest BCUT2D eigenvalue weighted by molar-refractivity contribution is 6.30. The van der Waals surface area contributed by atoms with Crippen molar-refractivity contribution in [3.05, 3.63) is 35.3 Å². The lowest BCUT2D eigenvalue weighted by Gasteiger charge is -2.05. The Bertz CT molecular complexity index is 511. The Balaban J connectivity index is 2.40. The summed E-state index contributed by atoms with van der Waals surface area (Å²) in [5.74, 6) is 2.41. The number of oxazole rings is 1. The molecule has 0 aliphatic carbocycles. The van der Waals surface area contributed by atoms with E-state index < -0.39 is 0 Å². The van der Waals surface area contributed by atoms with Gasteiger partial charge < -0.3 is 9.15 Å². The molecule has 0 atom stereocenters. The van der Waals surface area contributed by atoms with E-state index in [0.29, 0.717) is 34.7 Å². The maximum absolute atomic E-state index is 5.95. The van der Waals surface area contributed by atoms with Crippen molar-refractivity contribution in [2.45, 2.75) is 6.42 Å². The number of nitrogens with zero attached hydrogens (tertiary/aromatic N) is 1. The fourth-order valence-electron chi connectivity index (χ4n) is 1.50. The Morgan fingerprint density at radius 1 is 1.41 bits per heavy atom. The lowest BCUT2D eigenvalue weighted by Crippen LogP contribution is -1.86. The normalized spacial score (nSPS) is 10.5. The summed E-state index contributed by atoms with van der Waals surface area (Å²) in [6.07, 6.45) is 2.25. The van der Waals surface area contributed by atoms with Gasteiger partial charge in [-0.3, -0.25) is 0 Å². The fourth-order valence-corrected chi connectivity index (χ4v) is 1.84. The van der Waals surface area contributed by atoms with Gasteiger partial charge in [-0.15, -0.1) is 11.6 Å². The van der Waals surface area contributed by atoms with Gasteiger partial charge in [0.05, 0.1) is 18.9 Å². The minimum atomic E-state index is 0.479. The third-order valence-corrected chi connectivity index (χ3v) is 2.71. The highest BCUT2D eigenvalue weighted by Crippen LogP contribution is 2.32. The second-order valence-electron chi connectivity index (χ2n) is 3.40. The topological polar surface area (TPSA) is 35.3 Å². The van der Waals surface area contributed by atoms with E-state index in [2.05, 4.69) is 4.98 Å². The molecule has 0 aliphatic rings. The molecule has 1 aromatic carbocycles. The van der Waals surface area contributed by atoms with Crippen molar-refractivity contribution in [3.8, 4) is 17.1 Å². The summed E-state index contributed by atoms with van der Waals surface area (Å²) in [5, 5.41) is 0.621. The molecule has 5 heteroatoms. The lowest BCUT2D eigenvalue weighted by atomic mass is 10.1. The monoisotopic (exact) mass is 271 g/mol. The Hall–Kier alpha value is -1.19. The quantitative estimate of drug-likeness (QED) is 0.794. The number of halogens is 2. The number of benzene rings is 1. The molecule has 0 spiro atoms. The second-order valence-corrected chi connectivity index (χ2v) is 4.22. The van der Waals surface area contributed by atoms with Crippen LogP contribution in [0.5, 0.6) is 5.75 Å². The number of hydrogen-bond acceptors (Lipinski definition) is 3. The maximum atomic E-state index is 5.95. The first-order chi connectivity index (χ1) is 8.24. The van der Waals surface area contributed by atoms with Gasteiger partial charge in [0.1, 0.15) is 5.75 Å². The summed E-state index contributed by atoms with van der Waals surface area (Å²) >= 11 is 11.6. The predicted octanol–water partition coefficient (Wildman–Crippen LogP) is 3.78. The maximum Gasteiger partial charge on any atom is 0.196 e. The average molecular weight is 272 g/mol. The van der Waals surface area contributed by atoms with Crippen molar-refractivity contribution >= 4 is 23.2 Å². The number of hydrogen-bond donors (Lipinski definition) is 0. The largest absolute Gasteiger partial charge is 0.496 e. The van der Waals surface area contributed by atoms with Crippen molar-refractivity contribution in [2.24, 2.45) is 0 Å². The van der Waals surface area contributed by atoms with Crippen LogP contribution in [-0.2, 0) is 6.42 Å². The Morgan fingerprint density at radius 2 is 2.24 bits per heavy atom. The van der Waals surface area contributed by atoms with Crippen LogP contribution in [0.2, 0.25) is 5.02 Å². The molecule has 0 aliphatic heterocycles. The number of rotatable bonds is 4. The van der Waals surface area contributed by atoms with Crippen LogP contribution >= 0.6 is 23.2 Å². The van der Waals surface area contributed by atoms with Crippen LogP contribution in [0, 0.1) is 0 Å². The van der Waals surface area contributed by atoms with Crippen LogP contribution in [0.15, 0.2) is 28.8 Å². The summed E-state index contributed by atoms with van der Waals surface area (Å²) < 4.78 is 10.8. The Morgan fingerprint density at radius 3 is 2.94 bits per heavy atom. The van der Waals surface area contributed by atoms with Crippen LogP contribution in [-0.4, -0.2) is 18.0 Å². The van der Waals surface area contributed by atoms with E-state index in [1.165, 1.54) is 0 Å². The van der Waals surface area contributed by atoms with E-state index in [0.717, 1.165) is 5.56 Å². The van der Waals surface area contributed by atoms with Crippen molar-refractivity contribution in [2.75, 3.05) is 13.0 Å². The van der Waals surface area contributed by atoms with E-state index in [1.807, 2.05) is 0 Å². The SMILES string of the molecule is COc1ccc(Cl)cc1-c1cnc(CCCl)o1. The molecule has 1 aromatic heterocycles. The van der Waals surface area contributed by atoms with Crippen molar-refractivity contribution in [1.29, 1.82) is 0 Å². The zero-order valence-electron chi connectivity index (χ0n) is 9.24. The molecule has 3 nitrogen and oxygen atoms in total. The molecule has 0 radical (unpaired) electrons. The van der Waals surface area contributed by atoms with Gasteiger partial charge in [-0.05, 0) is 18.2 Å². The first-order valence-corrected chi connectivity index (χ1v) is 6.00. The number of methoxy groups -OCH3 is 1. The van der Waals surface area contributed by atoms with Gasteiger partial charge in [-0.25, -0.2) is 4.98 Å². The first-order valence-electron chi connectivity index (χ1n) is 5.09. The standard InChI is InChI=1S/C12H11Cl2NO2/c1-16-10-3-2-8(14)6-9(10)11-7-15-12(17-11)4-5-13/h2-3,6-7H,4-5H2,1H3. The van der Waals surface area contributed by atoms with Gasteiger partial charge in [-0.1, -0.05) is 11.6 Å². The highest BCUT2D eigenvalue weighted by atomic mass is 35.5. The van der Waals surface area contributed by atoms with Gasteiger partial charge in [0, 0.05) is 17.3 Å². The smallest absolute Gasteiger partial charge is 0.196 e. The third-order valence-electron chi connectivity index (χ3n) is 2.29. The van der Waals surface area contributed by atoms with E-state index >= 15 is 0 Å². The summed E-state index contributed by atoms with van der Waals surface area (Å²) in [6.45, 7) is 0. The minimum absolute atomic E-state index is 0.479.